The van der Waals surface area contributed by atoms with E-state index in [9.17, 15) is 17.2 Å². The third-order valence-corrected chi connectivity index (χ3v) is 7.20. The summed E-state index contributed by atoms with van der Waals surface area (Å²) in [5.74, 6) is -2.11. The molecular weight excluding hydrogens is 504 g/mol. The molecule has 0 aliphatic heterocycles. The van der Waals surface area contributed by atoms with Crippen LogP contribution in [0.15, 0.2) is 49.1 Å². The molecule has 3 heterocycles. The Morgan fingerprint density at radius 1 is 1.03 bits per heavy atom. The predicted molar refractivity (Wildman–Crippen MR) is 132 cm³/mol. The summed E-state index contributed by atoms with van der Waals surface area (Å²) in [6.07, 6.45) is 5.12. The van der Waals surface area contributed by atoms with Gasteiger partial charge in [0.2, 0.25) is 16.0 Å². The maximum atomic E-state index is 14.9. The van der Waals surface area contributed by atoms with Crippen molar-refractivity contribution in [3.63, 3.8) is 0 Å². The van der Waals surface area contributed by atoms with Crippen molar-refractivity contribution in [3.05, 3.63) is 77.6 Å². The van der Waals surface area contributed by atoms with Crippen LogP contribution in [0.25, 0.3) is 17.1 Å². The molecule has 1 N–H and O–H groups in total. The lowest BCUT2D eigenvalue weighted by atomic mass is 10.2. The molecule has 2 atom stereocenters. The molecule has 0 radical (unpaired) electrons. The van der Waals surface area contributed by atoms with Crippen LogP contribution in [0.3, 0.4) is 0 Å². The van der Waals surface area contributed by atoms with Crippen LogP contribution >= 0.6 is 0 Å². The van der Waals surface area contributed by atoms with Gasteiger partial charge in [0, 0.05) is 37.0 Å². The van der Waals surface area contributed by atoms with Gasteiger partial charge in [-0.1, -0.05) is 6.07 Å². The van der Waals surface area contributed by atoms with E-state index in [-0.39, 0.29) is 18.3 Å². The fourth-order valence-electron chi connectivity index (χ4n) is 3.66. The van der Waals surface area contributed by atoms with Crippen molar-refractivity contribution in [3.8, 4) is 17.1 Å². The minimum atomic E-state index is -4.27. The SMILES string of the molecule is CCO[C@H](c1ncc(C)cn1)[C@H](C)S(=O)(=O)Nc1nnc(-c2cncc(C)c2)n1-c1c(F)cccc1F. The first-order valence-electron chi connectivity index (χ1n) is 11.4. The number of sulfonamides is 1. The van der Waals surface area contributed by atoms with Crippen LogP contribution < -0.4 is 4.72 Å². The summed E-state index contributed by atoms with van der Waals surface area (Å²) in [5.41, 5.74) is 1.40. The fraction of sp³-hybridized carbons (Fsp3) is 0.292. The summed E-state index contributed by atoms with van der Waals surface area (Å²) in [5, 5.41) is 6.75. The zero-order chi connectivity index (χ0) is 26.7. The molecule has 0 fully saturated rings. The second-order valence-corrected chi connectivity index (χ2v) is 10.4. The maximum Gasteiger partial charge on any atom is 0.243 e. The number of anilines is 1. The third-order valence-electron chi connectivity index (χ3n) is 5.51. The number of pyridine rings is 1. The van der Waals surface area contributed by atoms with Gasteiger partial charge in [0.05, 0.1) is 0 Å². The van der Waals surface area contributed by atoms with Gasteiger partial charge in [-0.25, -0.2) is 27.2 Å². The van der Waals surface area contributed by atoms with Crippen LogP contribution in [0.1, 0.15) is 36.9 Å². The summed E-state index contributed by atoms with van der Waals surface area (Å²) in [6, 6.07) is 4.99. The van der Waals surface area contributed by atoms with E-state index in [4.69, 9.17) is 4.74 Å². The summed E-state index contributed by atoms with van der Waals surface area (Å²) in [6.45, 7) is 6.92. The molecule has 4 aromatic rings. The van der Waals surface area contributed by atoms with Crippen molar-refractivity contribution in [1.82, 2.24) is 29.7 Å². The number of benzene rings is 1. The molecule has 0 bridgehead atoms. The summed E-state index contributed by atoms with van der Waals surface area (Å²) < 4.78 is 65.7. The van der Waals surface area contributed by atoms with Crippen molar-refractivity contribution in [2.45, 2.75) is 39.0 Å². The molecule has 1 aromatic carbocycles. The fourth-order valence-corrected chi connectivity index (χ4v) is 4.76. The van der Waals surface area contributed by atoms with Crippen LogP contribution in [-0.4, -0.2) is 50.0 Å². The van der Waals surface area contributed by atoms with E-state index >= 15 is 0 Å². The first-order chi connectivity index (χ1) is 17.6. The number of halogens is 2. The molecule has 0 unspecified atom stereocenters. The van der Waals surface area contributed by atoms with Crippen molar-refractivity contribution in [1.29, 1.82) is 0 Å². The van der Waals surface area contributed by atoms with Crippen LogP contribution in [0, 0.1) is 25.5 Å². The van der Waals surface area contributed by atoms with Crippen LogP contribution in [0.2, 0.25) is 0 Å². The Hall–Kier alpha value is -3.84. The number of para-hydroxylation sites is 1. The molecule has 0 saturated carbocycles. The number of ether oxygens (including phenoxy) is 1. The zero-order valence-corrected chi connectivity index (χ0v) is 21.4. The highest BCUT2D eigenvalue weighted by Gasteiger charge is 2.35. The zero-order valence-electron chi connectivity index (χ0n) is 20.6. The number of aryl methyl sites for hydroxylation is 2. The quantitative estimate of drug-likeness (QED) is 0.346. The Bertz CT molecular complexity index is 1490. The second-order valence-electron chi connectivity index (χ2n) is 8.35. The number of nitrogens with one attached hydrogen (secondary N) is 1. The highest BCUT2D eigenvalue weighted by Crippen LogP contribution is 2.31. The number of hydrogen-bond donors (Lipinski definition) is 1. The molecule has 0 amide bonds. The Kier molecular flexibility index (Phi) is 7.55. The van der Waals surface area contributed by atoms with Gasteiger partial charge in [0.1, 0.15) is 28.7 Å². The Morgan fingerprint density at radius 3 is 2.32 bits per heavy atom. The molecule has 194 valence electrons. The molecular formula is C24H25F2N7O3S. The summed E-state index contributed by atoms with van der Waals surface area (Å²) in [4.78, 5) is 12.5. The lowest BCUT2D eigenvalue weighted by Crippen LogP contribution is -2.34. The van der Waals surface area contributed by atoms with Gasteiger partial charge in [-0.15, -0.1) is 10.2 Å². The molecule has 0 spiro atoms. The van der Waals surface area contributed by atoms with E-state index in [0.717, 1.165) is 27.8 Å². The average molecular weight is 530 g/mol. The first-order valence-corrected chi connectivity index (χ1v) is 12.9. The normalized spacial score (nSPS) is 13.4. The van der Waals surface area contributed by atoms with E-state index in [1.165, 1.54) is 19.2 Å². The molecule has 13 heteroatoms. The summed E-state index contributed by atoms with van der Waals surface area (Å²) in [7, 11) is -4.27. The first kappa shape index (κ1) is 26.2. The average Bonchev–Trinajstić information content (AvgIpc) is 3.25. The third kappa shape index (κ3) is 5.47. The van der Waals surface area contributed by atoms with Gasteiger partial charge in [0.25, 0.3) is 0 Å². The maximum absolute atomic E-state index is 14.9. The van der Waals surface area contributed by atoms with Gasteiger partial charge in [-0.3, -0.25) is 14.3 Å². The number of rotatable bonds is 9. The minimum absolute atomic E-state index is 0.00576. The van der Waals surface area contributed by atoms with E-state index < -0.39 is 44.6 Å². The lowest BCUT2D eigenvalue weighted by Gasteiger charge is -2.23. The van der Waals surface area contributed by atoms with E-state index in [1.807, 2.05) is 0 Å². The molecule has 0 saturated heterocycles. The van der Waals surface area contributed by atoms with Crippen molar-refractivity contribution in [2.75, 3.05) is 11.3 Å². The molecule has 37 heavy (non-hydrogen) atoms. The second kappa shape index (κ2) is 10.6. The topological polar surface area (TPSA) is 125 Å². The van der Waals surface area contributed by atoms with Gasteiger partial charge in [0.15, 0.2) is 11.6 Å². The Morgan fingerprint density at radius 2 is 1.70 bits per heavy atom. The van der Waals surface area contributed by atoms with Crippen molar-refractivity contribution < 1.29 is 21.9 Å². The predicted octanol–water partition coefficient (Wildman–Crippen LogP) is 3.92. The highest BCUT2D eigenvalue weighted by atomic mass is 32.2. The van der Waals surface area contributed by atoms with Crippen molar-refractivity contribution in [2.24, 2.45) is 0 Å². The van der Waals surface area contributed by atoms with E-state index in [1.54, 1.807) is 45.4 Å². The Labute approximate surface area is 212 Å². The van der Waals surface area contributed by atoms with Crippen LogP contribution in [-0.2, 0) is 14.8 Å². The number of nitrogens with zero attached hydrogens (tertiary/aromatic N) is 6. The smallest absolute Gasteiger partial charge is 0.243 e. The van der Waals surface area contributed by atoms with Crippen LogP contribution in [0.4, 0.5) is 14.7 Å². The minimum Gasteiger partial charge on any atom is -0.369 e. The molecule has 0 aliphatic rings. The summed E-state index contributed by atoms with van der Waals surface area (Å²) >= 11 is 0. The monoisotopic (exact) mass is 529 g/mol. The van der Waals surface area contributed by atoms with E-state index in [0.29, 0.717) is 5.56 Å². The highest BCUT2D eigenvalue weighted by molar-refractivity contribution is 7.93. The lowest BCUT2D eigenvalue weighted by molar-refractivity contribution is 0.0557. The number of hydrogen-bond acceptors (Lipinski definition) is 8. The molecule has 3 aromatic heterocycles. The molecule has 10 nitrogen and oxygen atoms in total. The standard InChI is InChI=1S/C24H25F2N7O3S/c1-5-36-21(22-28-11-15(3)12-29-22)16(4)37(34,35)32-24-31-30-23(17-9-14(2)10-27-13-17)33(24)20-18(25)7-6-8-19(20)26/h6-13,16,21H,5H2,1-4H3,(H,31,32)/t16-,21-/m0/s1. The van der Waals surface area contributed by atoms with Crippen molar-refractivity contribution >= 4 is 16.0 Å². The largest absolute Gasteiger partial charge is 0.369 e. The number of aromatic nitrogens is 6. The molecule has 4 rings (SSSR count). The van der Waals surface area contributed by atoms with Gasteiger partial charge in [-0.05, 0) is 57.0 Å². The van der Waals surface area contributed by atoms with Gasteiger partial charge >= 0.3 is 0 Å². The van der Waals surface area contributed by atoms with Gasteiger partial charge in [-0.2, -0.15) is 0 Å². The van der Waals surface area contributed by atoms with Crippen LogP contribution in [0.5, 0.6) is 0 Å². The molecule has 0 aliphatic carbocycles. The van der Waals surface area contributed by atoms with E-state index in [2.05, 4.69) is 29.9 Å². The van der Waals surface area contributed by atoms with Gasteiger partial charge < -0.3 is 4.74 Å². The Balaban J connectivity index is 1.80.